The van der Waals surface area contributed by atoms with Gasteiger partial charge in [0.1, 0.15) is 11.9 Å². The topological polar surface area (TPSA) is 93.5 Å². The van der Waals surface area contributed by atoms with Crippen LogP contribution in [0.15, 0.2) is 72.9 Å². The molecule has 3 aromatic carbocycles. The smallest absolute Gasteiger partial charge is 0.413 e. The van der Waals surface area contributed by atoms with E-state index in [4.69, 9.17) is 16.3 Å². The van der Waals surface area contributed by atoms with Crippen LogP contribution in [0.3, 0.4) is 0 Å². The Morgan fingerprint density at radius 2 is 1.74 bits per heavy atom. The Hall–Kier alpha value is -4.24. The molecule has 1 atom stereocenters. The summed E-state index contributed by atoms with van der Waals surface area (Å²) in [6.45, 7) is 1.65. The Balaban J connectivity index is 1.33. The van der Waals surface area contributed by atoms with Gasteiger partial charge >= 0.3 is 12.1 Å². The van der Waals surface area contributed by atoms with Crippen molar-refractivity contribution < 1.29 is 28.2 Å². The number of rotatable bonds is 7. The van der Waals surface area contributed by atoms with Crippen LogP contribution in [0.1, 0.15) is 37.0 Å². The minimum atomic E-state index is -1.13. The van der Waals surface area contributed by atoms with Crippen molar-refractivity contribution >= 4 is 29.5 Å². The molecule has 7 nitrogen and oxygen atoms in total. The summed E-state index contributed by atoms with van der Waals surface area (Å²) in [5.41, 5.74) is 1.31. The van der Waals surface area contributed by atoms with Crippen LogP contribution in [0.4, 0.5) is 19.4 Å². The highest BCUT2D eigenvalue weighted by molar-refractivity contribution is 6.31. The first-order chi connectivity index (χ1) is 18.2. The quantitative estimate of drug-likeness (QED) is 0.267. The van der Waals surface area contributed by atoms with Crippen LogP contribution in [-0.4, -0.2) is 26.9 Å². The molecule has 1 heterocycles. The minimum absolute atomic E-state index is 0.184. The predicted octanol–water partition coefficient (Wildman–Crippen LogP) is 6.90. The summed E-state index contributed by atoms with van der Waals surface area (Å²) >= 11 is 6.15. The number of aliphatic carboxylic acids is 1. The molecule has 1 saturated carbocycles. The lowest BCUT2D eigenvalue weighted by atomic mass is 9.93. The zero-order valence-electron chi connectivity index (χ0n) is 20.1. The average Bonchev–Trinajstić information content (AvgIpc) is 3.63. The molecule has 0 radical (unpaired) electrons. The Kier molecular flexibility index (Phi) is 6.62. The molecule has 1 amide bonds. The predicted molar refractivity (Wildman–Crippen MR) is 137 cm³/mol. The van der Waals surface area contributed by atoms with Crippen molar-refractivity contribution in [1.82, 2.24) is 9.78 Å². The molecule has 5 rings (SSSR count). The van der Waals surface area contributed by atoms with Crippen LogP contribution in [0, 0.1) is 11.6 Å². The van der Waals surface area contributed by atoms with Gasteiger partial charge < -0.3 is 9.84 Å². The molecule has 194 valence electrons. The van der Waals surface area contributed by atoms with Crippen LogP contribution in [-0.2, 0) is 14.9 Å². The van der Waals surface area contributed by atoms with Gasteiger partial charge in [0.25, 0.3) is 0 Å². The van der Waals surface area contributed by atoms with E-state index in [0.29, 0.717) is 40.2 Å². The Morgan fingerprint density at radius 3 is 2.37 bits per heavy atom. The molecule has 0 saturated heterocycles. The first-order valence-corrected chi connectivity index (χ1v) is 12.2. The molecule has 2 N–H and O–H groups in total. The summed E-state index contributed by atoms with van der Waals surface area (Å²) in [6, 6.07) is 18.1. The SMILES string of the molecule is C[C@@H](OC(=O)Nc1c(F)cnn1-c1ccc(-c2ccc(C3(C(=O)O)CC3)c(F)c2)cc1)c1ccccc1Cl. The zero-order valence-corrected chi connectivity index (χ0v) is 20.9. The van der Waals surface area contributed by atoms with Gasteiger partial charge in [0.2, 0.25) is 0 Å². The van der Waals surface area contributed by atoms with E-state index in [1.165, 1.54) is 16.8 Å². The largest absolute Gasteiger partial charge is 0.481 e. The third-order valence-electron chi connectivity index (χ3n) is 6.66. The lowest BCUT2D eigenvalue weighted by Crippen LogP contribution is -2.20. The summed E-state index contributed by atoms with van der Waals surface area (Å²) < 4.78 is 35.9. The normalized spacial score (nSPS) is 14.5. The van der Waals surface area contributed by atoms with E-state index in [2.05, 4.69) is 10.4 Å². The molecule has 10 heteroatoms. The van der Waals surface area contributed by atoms with Gasteiger partial charge in [-0.3, -0.25) is 10.1 Å². The average molecular weight is 538 g/mol. The number of carbonyl (C=O) groups excluding carboxylic acids is 1. The highest BCUT2D eigenvalue weighted by Crippen LogP contribution is 2.49. The van der Waals surface area contributed by atoms with Gasteiger partial charge in [0, 0.05) is 16.1 Å². The second-order valence-corrected chi connectivity index (χ2v) is 9.48. The molecule has 1 aliphatic carbocycles. The summed E-state index contributed by atoms with van der Waals surface area (Å²) in [5.74, 6) is -2.57. The second-order valence-electron chi connectivity index (χ2n) is 9.08. The van der Waals surface area contributed by atoms with Crippen LogP contribution in [0.2, 0.25) is 5.02 Å². The minimum Gasteiger partial charge on any atom is -0.481 e. The molecule has 0 unspecified atom stereocenters. The van der Waals surface area contributed by atoms with E-state index < -0.39 is 35.2 Å². The standard InChI is InChI=1S/C28H22ClF2N3O4/c1-16(20-4-2-3-5-22(20)29)38-27(37)33-25-24(31)15-32-34(25)19-9-6-17(7-10-19)18-8-11-21(23(30)14-18)28(12-13-28)26(35)36/h2-11,14-16H,12-13H2,1H3,(H,33,37)(H,35,36)/t16-/m1/s1. The van der Waals surface area contributed by atoms with E-state index in [9.17, 15) is 23.5 Å². The van der Waals surface area contributed by atoms with Crippen LogP contribution in [0.25, 0.3) is 16.8 Å². The van der Waals surface area contributed by atoms with Gasteiger partial charge in [0.05, 0.1) is 17.3 Å². The number of carboxylic acid groups (broad SMARTS) is 1. The number of anilines is 1. The third kappa shape index (κ3) is 4.72. The van der Waals surface area contributed by atoms with E-state index >= 15 is 0 Å². The lowest BCUT2D eigenvalue weighted by Gasteiger charge is -2.16. The van der Waals surface area contributed by atoms with Crippen molar-refractivity contribution in [2.75, 3.05) is 5.32 Å². The molecule has 0 aliphatic heterocycles. The van der Waals surface area contributed by atoms with Gasteiger partial charge in [-0.2, -0.15) is 5.10 Å². The first kappa shape index (κ1) is 25.4. The second kappa shape index (κ2) is 9.90. The van der Waals surface area contributed by atoms with Gasteiger partial charge in [0.15, 0.2) is 11.6 Å². The highest BCUT2D eigenvalue weighted by Gasteiger charge is 2.53. The fraction of sp³-hybridized carbons (Fsp3) is 0.179. The van der Waals surface area contributed by atoms with Crippen molar-refractivity contribution in [3.8, 4) is 16.8 Å². The molecule has 1 aliphatic rings. The van der Waals surface area contributed by atoms with Crippen LogP contribution < -0.4 is 5.32 Å². The number of nitrogens with zero attached hydrogens (tertiary/aromatic N) is 2. The number of hydrogen-bond donors (Lipinski definition) is 2. The molecular weight excluding hydrogens is 516 g/mol. The number of benzene rings is 3. The molecule has 38 heavy (non-hydrogen) atoms. The maximum atomic E-state index is 14.8. The fourth-order valence-corrected chi connectivity index (χ4v) is 4.68. The zero-order chi connectivity index (χ0) is 27.0. The highest BCUT2D eigenvalue weighted by atomic mass is 35.5. The van der Waals surface area contributed by atoms with Gasteiger partial charge in [-0.25, -0.2) is 18.3 Å². The number of carbonyl (C=O) groups is 2. The number of amides is 1. The van der Waals surface area contributed by atoms with Crippen molar-refractivity contribution in [2.24, 2.45) is 0 Å². The Labute approximate surface area is 221 Å². The molecule has 4 aromatic rings. The number of carboxylic acids is 1. The van der Waals surface area contributed by atoms with Crippen LogP contribution >= 0.6 is 11.6 Å². The maximum absolute atomic E-state index is 14.8. The number of hydrogen-bond acceptors (Lipinski definition) is 4. The summed E-state index contributed by atoms with van der Waals surface area (Å²) in [6.07, 6.45) is 0.220. The molecule has 1 aromatic heterocycles. The summed E-state index contributed by atoms with van der Waals surface area (Å²) in [7, 11) is 0. The van der Waals surface area contributed by atoms with Crippen molar-refractivity contribution in [1.29, 1.82) is 0 Å². The van der Waals surface area contributed by atoms with Gasteiger partial charge in [-0.1, -0.05) is 54.1 Å². The summed E-state index contributed by atoms with van der Waals surface area (Å²) in [4.78, 5) is 24.0. The Bertz CT molecular complexity index is 1530. The number of halogens is 3. The van der Waals surface area contributed by atoms with E-state index in [-0.39, 0.29) is 11.4 Å². The number of aromatic nitrogens is 2. The van der Waals surface area contributed by atoms with Gasteiger partial charge in [-0.15, -0.1) is 0 Å². The third-order valence-corrected chi connectivity index (χ3v) is 7.01. The van der Waals surface area contributed by atoms with Crippen molar-refractivity contribution in [2.45, 2.75) is 31.3 Å². The number of nitrogens with one attached hydrogen (secondary N) is 1. The lowest BCUT2D eigenvalue weighted by molar-refractivity contribution is -0.140. The first-order valence-electron chi connectivity index (χ1n) is 11.8. The van der Waals surface area contributed by atoms with E-state index in [1.54, 1.807) is 61.5 Å². The van der Waals surface area contributed by atoms with E-state index in [0.717, 1.165) is 6.20 Å². The maximum Gasteiger partial charge on any atom is 0.413 e. The van der Waals surface area contributed by atoms with Gasteiger partial charge in [-0.05, 0) is 55.2 Å². The molecule has 0 bridgehead atoms. The van der Waals surface area contributed by atoms with Crippen LogP contribution in [0.5, 0.6) is 0 Å². The molecule has 1 fully saturated rings. The van der Waals surface area contributed by atoms with Crippen molar-refractivity contribution in [3.05, 3.63) is 101 Å². The monoisotopic (exact) mass is 537 g/mol. The van der Waals surface area contributed by atoms with E-state index in [1.807, 2.05) is 0 Å². The molecule has 0 spiro atoms. The summed E-state index contributed by atoms with van der Waals surface area (Å²) in [5, 5.41) is 16.3. The van der Waals surface area contributed by atoms with Crippen molar-refractivity contribution in [3.63, 3.8) is 0 Å². The molecular formula is C28H22ClF2N3O4. The fourth-order valence-electron chi connectivity index (χ4n) is 4.39. The number of ether oxygens (including phenoxy) is 1. The Morgan fingerprint density at radius 1 is 1.05 bits per heavy atom.